The van der Waals surface area contributed by atoms with Gasteiger partial charge in [-0.1, -0.05) is 0 Å². The molecule has 2 N–H and O–H groups in total. The van der Waals surface area contributed by atoms with E-state index in [2.05, 4.69) is 20.4 Å². The van der Waals surface area contributed by atoms with E-state index in [0.29, 0.717) is 23.4 Å². The number of rotatable bonds is 4. The molecule has 2 atom stereocenters. The molecule has 0 aromatic carbocycles. The molecule has 0 spiro atoms. The van der Waals surface area contributed by atoms with E-state index >= 15 is 0 Å². The van der Waals surface area contributed by atoms with Gasteiger partial charge in [0.15, 0.2) is 11.3 Å². The van der Waals surface area contributed by atoms with Gasteiger partial charge in [-0.25, -0.2) is 19.3 Å². The van der Waals surface area contributed by atoms with Gasteiger partial charge in [-0.3, -0.25) is 9.13 Å². The molecule has 4 heterocycles. The Morgan fingerprint density at radius 1 is 1.21 bits per heavy atom. The van der Waals surface area contributed by atoms with Crippen LogP contribution in [0.5, 0.6) is 0 Å². The molecule has 176 valence electrons. The summed E-state index contributed by atoms with van der Waals surface area (Å²) in [5, 5.41) is 17.9. The predicted molar refractivity (Wildman–Crippen MR) is 126 cm³/mol. The number of aromatic nitrogens is 7. The monoisotopic (exact) mass is 460 g/mol. The third-order valence-electron chi connectivity index (χ3n) is 8.63. The number of nitrogens with zero attached hydrogens (tertiary/aromatic N) is 7. The average Bonchev–Trinajstić information content (AvgIpc) is 3.35. The number of hydrogen-bond acceptors (Lipinski definition) is 7. The van der Waals surface area contributed by atoms with E-state index in [9.17, 15) is 9.90 Å². The van der Waals surface area contributed by atoms with Gasteiger partial charge in [0.05, 0.1) is 23.6 Å². The molecule has 10 heteroatoms. The molecule has 4 saturated carbocycles. The quantitative estimate of drug-likeness (QED) is 0.481. The Morgan fingerprint density at radius 3 is 2.76 bits per heavy atom. The van der Waals surface area contributed by atoms with Crippen molar-refractivity contribution in [2.45, 2.75) is 51.0 Å². The number of aliphatic hydroxyl groups excluding tert-OH is 1. The van der Waals surface area contributed by atoms with Crippen LogP contribution in [-0.2, 0) is 12.6 Å². The minimum absolute atomic E-state index is 0.0447. The number of pyridine rings is 1. The van der Waals surface area contributed by atoms with E-state index < -0.39 is 0 Å². The van der Waals surface area contributed by atoms with Crippen molar-refractivity contribution in [3.63, 3.8) is 0 Å². The van der Waals surface area contributed by atoms with Crippen molar-refractivity contribution in [3.05, 3.63) is 40.8 Å². The number of aryl methyl sites for hydroxylation is 2. The van der Waals surface area contributed by atoms with Crippen LogP contribution in [0.2, 0.25) is 0 Å². The van der Waals surface area contributed by atoms with E-state index in [0.717, 1.165) is 54.5 Å². The van der Waals surface area contributed by atoms with Crippen molar-refractivity contribution in [2.24, 2.45) is 24.3 Å². The lowest BCUT2D eigenvalue weighted by molar-refractivity contribution is -0.121. The standard InChI is InChI=1S/C24H28N8O2/c1-14-3-19-26-13-27-31(19)10-17(14)28-21-25-9-18-20(29-21)32(22(34)30(18)2)24-7-15-4-16(8-24)6-23(5-15,11-24)12-33/h3,9-10,13,15-16,33H,4-8,11-12H2,1-2H3,(H,25,28,29). The highest BCUT2D eigenvalue weighted by Crippen LogP contribution is 2.64. The van der Waals surface area contributed by atoms with E-state index in [1.54, 1.807) is 22.3 Å². The summed E-state index contributed by atoms with van der Waals surface area (Å²) in [5.74, 6) is 1.56. The molecule has 4 bridgehead atoms. The predicted octanol–water partition coefficient (Wildman–Crippen LogP) is 2.51. The van der Waals surface area contributed by atoms with Crippen molar-refractivity contribution < 1.29 is 5.11 Å². The number of anilines is 2. The molecule has 0 saturated heterocycles. The lowest BCUT2D eigenvalue weighted by atomic mass is 9.47. The zero-order valence-corrected chi connectivity index (χ0v) is 19.4. The van der Waals surface area contributed by atoms with Crippen LogP contribution in [0.1, 0.15) is 44.1 Å². The van der Waals surface area contributed by atoms with Crippen LogP contribution >= 0.6 is 0 Å². The second kappa shape index (κ2) is 6.65. The Hall–Kier alpha value is -3.27. The molecule has 4 aromatic heterocycles. The summed E-state index contributed by atoms with van der Waals surface area (Å²) in [6.45, 7) is 2.20. The normalized spacial score (nSPS) is 30.0. The van der Waals surface area contributed by atoms with Gasteiger partial charge in [0, 0.05) is 13.7 Å². The molecule has 34 heavy (non-hydrogen) atoms. The molecule has 4 aliphatic carbocycles. The van der Waals surface area contributed by atoms with Gasteiger partial charge in [0.2, 0.25) is 5.95 Å². The Balaban J connectivity index is 1.36. The van der Waals surface area contributed by atoms with Crippen LogP contribution in [0.3, 0.4) is 0 Å². The SMILES string of the molecule is Cc1cc2ncnn2cc1Nc1ncc2c(n1)n(C13CC4CC(CC(CO)(C4)C1)C3)c(=O)n2C. The van der Waals surface area contributed by atoms with Crippen LogP contribution in [0.4, 0.5) is 11.6 Å². The van der Waals surface area contributed by atoms with Crippen LogP contribution < -0.4 is 11.0 Å². The van der Waals surface area contributed by atoms with Crippen LogP contribution in [0, 0.1) is 24.2 Å². The molecule has 4 fully saturated rings. The molecule has 2 unspecified atom stereocenters. The molecule has 4 aliphatic rings. The molecule has 0 radical (unpaired) electrons. The van der Waals surface area contributed by atoms with E-state index in [4.69, 9.17) is 4.98 Å². The van der Waals surface area contributed by atoms with E-state index in [1.165, 1.54) is 12.7 Å². The highest BCUT2D eigenvalue weighted by atomic mass is 16.3. The summed E-state index contributed by atoms with van der Waals surface area (Å²) < 4.78 is 5.32. The van der Waals surface area contributed by atoms with Gasteiger partial charge < -0.3 is 10.4 Å². The fraction of sp³-hybridized carbons (Fsp3) is 0.542. The maximum Gasteiger partial charge on any atom is 0.330 e. The van der Waals surface area contributed by atoms with Gasteiger partial charge >= 0.3 is 5.69 Å². The maximum atomic E-state index is 13.6. The third kappa shape index (κ3) is 2.68. The molecular formula is C24H28N8O2. The largest absolute Gasteiger partial charge is 0.396 e. The Morgan fingerprint density at radius 2 is 2.00 bits per heavy atom. The molecule has 8 rings (SSSR count). The maximum absolute atomic E-state index is 13.6. The first-order valence-electron chi connectivity index (χ1n) is 12.0. The van der Waals surface area contributed by atoms with Gasteiger partial charge in [-0.05, 0) is 74.3 Å². The second-order valence-electron chi connectivity index (χ2n) is 11.0. The van der Waals surface area contributed by atoms with Gasteiger partial charge in [0.25, 0.3) is 0 Å². The fourth-order valence-electron chi connectivity index (χ4n) is 7.66. The third-order valence-corrected chi connectivity index (χ3v) is 8.63. The summed E-state index contributed by atoms with van der Waals surface area (Å²) >= 11 is 0. The molecule has 10 nitrogen and oxygen atoms in total. The summed E-state index contributed by atoms with van der Waals surface area (Å²) in [7, 11) is 1.79. The smallest absolute Gasteiger partial charge is 0.330 e. The number of hydrogen-bond donors (Lipinski definition) is 2. The average molecular weight is 461 g/mol. The number of aliphatic hydroxyl groups is 1. The van der Waals surface area contributed by atoms with E-state index in [-0.39, 0.29) is 23.3 Å². The first kappa shape index (κ1) is 20.1. The highest BCUT2D eigenvalue weighted by Gasteiger charge is 2.59. The van der Waals surface area contributed by atoms with Crippen LogP contribution in [-0.4, -0.2) is 45.4 Å². The van der Waals surface area contributed by atoms with Crippen molar-refractivity contribution in [3.8, 4) is 0 Å². The van der Waals surface area contributed by atoms with Crippen molar-refractivity contribution in [1.82, 2.24) is 33.7 Å². The minimum Gasteiger partial charge on any atom is -0.396 e. The summed E-state index contributed by atoms with van der Waals surface area (Å²) in [5.41, 5.74) is 3.60. The minimum atomic E-state index is -0.287. The van der Waals surface area contributed by atoms with Crippen molar-refractivity contribution >= 4 is 28.4 Å². The molecule has 4 aromatic rings. The van der Waals surface area contributed by atoms with E-state index in [1.807, 2.05) is 23.8 Å². The number of imidazole rings is 1. The van der Waals surface area contributed by atoms with Gasteiger partial charge in [-0.15, -0.1) is 0 Å². The Labute approximate surface area is 195 Å². The fourth-order valence-corrected chi connectivity index (χ4v) is 7.66. The Kier molecular flexibility index (Phi) is 3.94. The van der Waals surface area contributed by atoms with Crippen molar-refractivity contribution in [2.75, 3.05) is 11.9 Å². The zero-order valence-electron chi connectivity index (χ0n) is 19.4. The molecular weight excluding hydrogens is 432 g/mol. The Bertz CT molecular complexity index is 1500. The first-order valence-corrected chi connectivity index (χ1v) is 12.0. The topological polar surface area (TPSA) is 115 Å². The summed E-state index contributed by atoms with van der Waals surface area (Å²) in [6.07, 6.45) is 11.3. The molecule has 0 amide bonds. The van der Waals surface area contributed by atoms with Crippen LogP contribution in [0.15, 0.2) is 29.6 Å². The zero-order chi connectivity index (χ0) is 23.2. The highest BCUT2D eigenvalue weighted by molar-refractivity contribution is 5.73. The molecule has 0 aliphatic heterocycles. The second-order valence-corrected chi connectivity index (χ2v) is 11.0. The first-order chi connectivity index (χ1) is 16.4. The van der Waals surface area contributed by atoms with Gasteiger partial charge in [0.1, 0.15) is 11.8 Å². The van der Waals surface area contributed by atoms with Gasteiger partial charge in [-0.2, -0.15) is 10.1 Å². The summed E-state index contributed by atoms with van der Waals surface area (Å²) in [6, 6.07) is 1.95. The summed E-state index contributed by atoms with van der Waals surface area (Å²) in [4.78, 5) is 27.2. The van der Waals surface area contributed by atoms with Crippen molar-refractivity contribution in [1.29, 1.82) is 0 Å². The lowest BCUT2D eigenvalue weighted by Crippen LogP contribution is -2.59. The number of nitrogens with one attached hydrogen (secondary N) is 1. The number of fused-ring (bicyclic) bond motifs is 2. The lowest BCUT2D eigenvalue weighted by Gasteiger charge is -2.61. The van der Waals surface area contributed by atoms with Crippen LogP contribution in [0.25, 0.3) is 16.8 Å².